The number of sulfonamides is 1. The molecule has 168 valence electrons. The van der Waals surface area contributed by atoms with Crippen LogP contribution in [0.5, 0.6) is 5.75 Å². The van der Waals surface area contributed by atoms with Crippen molar-refractivity contribution in [1.29, 1.82) is 0 Å². The van der Waals surface area contributed by atoms with Crippen molar-refractivity contribution in [2.24, 2.45) is 5.92 Å². The first-order chi connectivity index (χ1) is 14.6. The molecule has 1 amide bonds. The smallest absolute Gasteiger partial charge is 0.247 e. The Kier molecular flexibility index (Phi) is 6.93. The zero-order valence-corrected chi connectivity index (χ0v) is 18.9. The predicted octanol–water partition coefficient (Wildman–Crippen LogP) is 1.39. The van der Waals surface area contributed by atoms with Crippen LogP contribution in [0.3, 0.4) is 0 Å². The Balaban J connectivity index is 2.13. The van der Waals surface area contributed by atoms with E-state index < -0.39 is 22.2 Å². The van der Waals surface area contributed by atoms with Crippen molar-refractivity contribution in [2.75, 3.05) is 26.7 Å². The standard InChI is InChI=1S/C21H28N4O5S/c1-14-10-25(15(2)12-26)31(28,29)21-6-5-17(18-8-22-13-23-9-18)7-19(21)30-20(14)11-24(4)16(3)27/h5-9,13-15,20,26H,10-12H2,1-4H3/t14-,15-,20+/m0/s1. The van der Waals surface area contributed by atoms with Gasteiger partial charge in [-0.3, -0.25) is 4.79 Å². The summed E-state index contributed by atoms with van der Waals surface area (Å²) in [5.41, 5.74) is 1.43. The highest BCUT2D eigenvalue weighted by atomic mass is 32.2. The molecule has 0 unspecified atom stereocenters. The van der Waals surface area contributed by atoms with Crippen LogP contribution in [0.2, 0.25) is 0 Å². The van der Waals surface area contributed by atoms with E-state index in [1.807, 2.05) is 6.92 Å². The van der Waals surface area contributed by atoms with Gasteiger partial charge in [-0.2, -0.15) is 4.31 Å². The second kappa shape index (κ2) is 9.29. The summed E-state index contributed by atoms with van der Waals surface area (Å²) < 4.78 is 34.4. The summed E-state index contributed by atoms with van der Waals surface area (Å²) in [5.74, 6) is -0.145. The summed E-state index contributed by atoms with van der Waals surface area (Å²) in [6.07, 6.45) is 4.24. The predicted molar refractivity (Wildman–Crippen MR) is 115 cm³/mol. The maximum atomic E-state index is 13.5. The van der Waals surface area contributed by atoms with Gasteiger partial charge in [0, 0.05) is 50.4 Å². The number of fused-ring (bicyclic) bond motifs is 1. The minimum absolute atomic E-state index is 0.0239. The molecule has 0 spiro atoms. The van der Waals surface area contributed by atoms with Crippen LogP contribution in [0, 0.1) is 5.92 Å². The first kappa shape index (κ1) is 23.1. The zero-order chi connectivity index (χ0) is 22.8. The molecule has 1 aromatic heterocycles. The van der Waals surface area contributed by atoms with E-state index in [-0.39, 0.29) is 35.6 Å². The molecule has 1 N–H and O–H groups in total. The average Bonchev–Trinajstić information content (AvgIpc) is 2.75. The van der Waals surface area contributed by atoms with E-state index in [9.17, 15) is 18.3 Å². The Labute approximate surface area is 182 Å². The van der Waals surface area contributed by atoms with Gasteiger partial charge in [-0.1, -0.05) is 13.0 Å². The van der Waals surface area contributed by atoms with E-state index >= 15 is 0 Å². The molecule has 2 aromatic rings. The number of benzene rings is 1. The Hall–Kier alpha value is -2.56. The zero-order valence-electron chi connectivity index (χ0n) is 18.1. The number of amides is 1. The van der Waals surface area contributed by atoms with Crippen molar-refractivity contribution < 1.29 is 23.1 Å². The number of hydrogen-bond acceptors (Lipinski definition) is 7. The van der Waals surface area contributed by atoms with Gasteiger partial charge in [0.25, 0.3) is 0 Å². The van der Waals surface area contributed by atoms with Gasteiger partial charge >= 0.3 is 0 Å². The third kappa shape index (κ3) is 4.86. The molecule has 10 heteroatoms. The minimum Gasteiger partial charge on any atom is -0.487 e. The number of aromatic nitrogens is 2. The van der Waals surface area contributed by atoms with E-state index in [4.69, 9.17) is 4.74 Å². The lowest BCUT2D eigenvalue weighted by Crippen LogP contribution is -2.50. The number of rotatable bonds is 5. The monoisotopic (exact) mass is 448 g/mol. The van der Waals surface area contributed by atoms with E-state index in [2.05, 4.69) is 9.97 Å². The molecular weight excluding hydrogens is 420 g/mol. The number of carbonyl (C=O) groups is 1. The van der Waals surface area contributed by atoms with Crippen molar-refractivity contribution in [2.45, 2.75) is 37.8 Å². The van der Waals surface area contributed by atoms with Crippen LogP contribution in [0.15, 0.2) is 41.8 Å². The summed E-state index contributed by atoms with van der Waals surface area (Å²) in [6.45, 7) is 5.17. The van der Waals surface area contributed by atoms with Crippen molar-refractivity contribution in [3.05, 3.63) is 36.9 Å². The number of aliphatic hydroxyl groups is 1. The van der Waals surface area contributed by atoms with Gasteiger partial charge in [-0.25, -0.2) is 18.4 Å². The first-order valence-corrected chi connectivity index (χ1v) is 11.5. The van der Waals surface area contributed by atoms with Gasteiger partial charge in [-0.15, -0.1) is 0 Å². The average molecular weight is 449 g/mol. The highest BCUT2D eigenvalue weighted by molar-refractivity contribution is 7.89. The number of aliphatic hydroxyl groups excluding tert-OH is 1. The number of carbonyl (C=O) groups excluding carboxylic acids is 1. The number of hydrogen-bond donors (Lipinski definition) is 1. The highest BCUT2D eigenvalue weighted by Crippen LogP contribution is 2.36. The normalized spacial score (nSPS) is 21.8. The lowest BCUT2D eigenvalue weighted by molar-refractivity contribution is -0.129. The quantitative estimate of drug-likeness (QED) is 0.735. The van der Waals surface area contributed by atoms with Gasteiger partial charge in [0.2, 0.25) is 15.9 Å². The maximum Gasteiger partial charge on any atom is 0.247 e. The summed E-state index contributed by atoms with van der Waals surface area (Å²) in [5, 5.41) is 9.69. The summed E-state index contributed by atoms with van der Waals surface area (Å²) in [7, 11) is -2.24. The third-order valence-electron chi connectivity index (χ3n) is 5.55. The molecule has 0 bridgehead atoms. The molecule has 1 aliphatic rings. The van der Waals surface area contributed by atoms with Crippen LogP contribution in [0.1, 0.15) is 20.8 Å². The molecule has 0 aliphatic carbocycles. The molecular formula is C21H28N4O5S. The van der Waals surface area contributed by atoms with Crippen LogP contribution in [-0.2, 0) is 14.8 Å². The van der Waals surface area contributed by atoms with Crippen LogP contribution < -0.4 is 4.74 Å². The van der Waals surface area contributed by atoms with Gasteiger partial charge in [0.1, 0.15) is 23.1 Å². The van der Waals surface area contributed by atoms with E-state index in [1.54, 1.807) is 43.4 Å². The molecule has 1 aromatic carbocycles. The largest absolute Gasteiger partial charge is 0.487 e. The fourth-order valence-electron chi connectivity index (χ4n) is 3.47. The second-order valence-corrected chi connectivity index (χ2v) is 9.79. The Morgan fingerprint density at radius 3 is 2.61 bits per heavy atom. The van der Waals surface area contributed by atoms with Crippen LogP contribution in [0.25, 0.3) is 11.1 Å². The van der Waals surface area contributed by atoms with Crippen LogP contribution >= 0.6 is 0 Å². The lowest BCUT2D eigenvalue weighted by Gasteiger charge is -2.37. The molecule has 2 heterocycles. The number of nitrogens with zero attached hydrogens (tertiary/aromatic N) is 4. The van der Waals surface area contributed by atoms with E-state index in [0.29, 0.717) is 12.1 Å². The van der Waals surface area contributed by atoms with Crippen molar-refractivity contribution in [1.82, 2.24) is 19.2 Å². The summed E-state index contributed by atoms with van der Waals surface area (Å²) in [4.78, 5) is 21.4. The molecule has 3 atom stereocenters. The van der Waals surface area contributed by atoms with E-state index in [1.165, 1.54) is 23.6 Å². The minimum atomic E-state index is -3.92. The summed E-state index contributed by atoms with van der Waals surface area (Å²) in [6, 6.07) is 4.24. The van der Waals surface area contributed by atoms with Crippen LogP contribution in [0.4, 0.5) is 0 Å². The molecule has 0 saturated carbocycles. The third-order valence-corrected chi connectivity index (χ3v) is 7.57. The van der Waals surface area contributed by atoms with Crippen LogP contribution in [-0.4, -0.2) is 77.5 Å². The van der Waals surface area contributed by atoms with Crippen molar-refractivity contribution in [3.8, 4) is 16.9 Å². The SMILES string of the molecule is CC(=O)N(C)C[C@H]1Oc2cc(-c3cncnc3)ccc2S(=O)(=O)N([C@@H](C)CO)C[C@@H]1C. The lowest BCUT2D eigenvalue weighted by atomic mass is 10.0. The number of ether oxygens (including phenoxy) is 1. The van der Waals surface area contributed by atoms with Gasteiger partial charge in [-0.05, 0) is 24.6 Å². The topological polar surface area (TPSA) is 113 Å². The van der Waals surface area contributed by atoms with Crippen molar-refractivity contribution in [3.63, 3.8) is 0 Å². The molecule has 3 rings (SSSR count). The first-order valence-electron chi connectivity index (χ1n) is 10.1. The van der Waals surface area contributed by atoms with Gasteiger partial charge in [0.15, 0.2) is 0 Å². The fourth-order valence-corrected chi connectivity index (χ4v) is 5.30. The Morgan fingerprint density at radius 2 is 2.00 bits per heavy atom. The highest BCUT2D eigenvalue weighted by Gasteiger charge is 2.38. The second-order valence-electron chi connectivity index (χ2n) is 7.93. The maximum absolute atomic E-state index is 13.5. The molecule has 0 radical (unpaired) electrons. The molecule has 1 aliphatic heterocycles. The number of likely N-dealkylation sites (N-methyl/N-ethyl adjacent to an activating group) is 1. The molecule has 0 fully saturated rings. The fraction of sp³-hybridized carbons (Fsp3) is 0.476. The molecule has 0 saturated heterocycles. The van der Waals surface area contributed by atoms with E-state index in [0.717, 1.165) is 5.56 Å². The Bertz CT molecular complexity index is 1030. The van der Waals surface area contributed by atoms with Crippen molar-refractivity contribution >= 4 is 15.9 Å². The Morgan fingerprint density at radius 1 is 1.32 bits per heavy atom. The molecule has 31 heavy (non-hydrogen) atoms. The van der Waals surface area contributed by atoms with Gasteiger partial charge < -0.3 is 14.7 Å². The summed E-state index contributed by atoms with van der Waals surface area (Å²) >= 11 is 0. The van der Waals surface area contributed by atoms with Gasteiger partial charge in [0.05, 0.1) is 13.2 Å². The molecule has 9 nitrogen and oxygen atoms in total.